The van der Waals surface area contributed by atoms with Crippen LogP contribution in [0.3, 0.4) is 0 Å². The number of aromatic amines is 2. The zero-order valence-corrected chi connectivity index (χ0v) is 6.37. The SMILES string of the molecule is O=C(O)c1ccc2[nH]c(=O)[nH]c2n1. The number of pyridine rings is 1. The average Bonchev–Trinajstić information content (AvgIpc) is 2.42. The van der Waals surface area contributed by atoms with E-state index in [1.165, 1.54) is 12.1 Å². The molecule has 2 heterocycles. The van der Waals surface area contributed by atoms with Crippen LogP contribution in [0.4, 0.5) is 0 Å². The molecule has 0 aliphatic carbocycles. The fraction of sp³-hybridized carbons (Fsp3) is 0. The van der Waals surface area contributed by atoms with E-state index < -0.39 is 11.7 Å². The van der Waals surface area contributed by atoms with Crippen LogP contribution in [-0.2, 0) is 0 Å². The predicted molar refractivity (Wildman–Crippen MR) is 43.7 cm³/mol. The lowest BCUT2D eigenvalue weighted by atomic mass is 10.3. The molecule has 13 heavy (non-hydrogen) atoms. The summed E-state index contributed by atoms with van der Waals surface area (Å²) in [5.74, 6) is -1.12. The number of aromatic nitrogens is 3. The van der Waals surface area contributed by atoms with Crippen LogP contribution in [0.25, 0.3) is 11.2 Å². The summed E-state index contributed by atoms with van der Waals surface area (Å²) in [5.41, 5.74) is 0.257. The summed E-state index contributed by atoms with van der Waals surface area (Å²) in [6, 6.07) is 2.82. The van der Waals surface area contributed by atoms with Crippen molar-refractivity contribution >= 4 is 17.1 Å². The average molecular weight is 179 g/mol. The minimum atomic E-state index is -1.12. The van der Waals surface area contributed by atoms with Crippen molar-refractivity contribution in [1.29, 1.82) is 0 Å². The van der Waals surface area contributed by atoms with Crippen LogP contribution in [0.2, 0.25) is 0 Å². The van der Waals surface area contributed by atoms with Crippen LogP contribution in [0.5, 0.6) is 0 Å². The molecule has 2 rings (SSSR count). The van der Waals surface area contributed by atoms with E-state index in [9.17, 15) is 9.59 Å². The number of rotatable bonds is 1. The highest BCUT2D eigenvalue weighted by Crippen LogP contribution is 2.04. The maximum atomic E-state index is 10.8. The molecule has 0 aromatic carbocycles. The molecule has 0 atom stereocenters. The predicted octanol–water partition coefficient (Wildman–Crippen LogP) is -0.0506. The molecule has 3 N–H and O–H groups in total. The number of carbonyl (C=O) groups is 1. The van der Waals surface area contributed by atoms with E-state index in [0.717, 1.165) is 0 Å². The van der Waals surface area contributed by atoms with Crippen molar-refractivity contribution in [3.8, 4) is 0 Å². The number of hydrogen-bond acceptors (Lipinski definition) is 3. The van der Waals surface area contributed by atoms with Gasteiger partial charge in [-0.1, -0.05) is 0 Å². The lowest BCUT2D eigenvalue weighted by Gasteiger charge is -1.91. The maximum Gasteiger partial charge on any atom is 0.354 e. The molecular weight excluding hydrogens is 174 g/mol. The number of fused-ring (bicyclic) bond motifs is 1. The lowest BCUT2D eigenvalue weighted by Crippen LogP contribution is -2.00. The molecule has 2 aromatic rings. The quantitative estimate of drug-likeness (QED) is 0.571. The van der Waals surface area contributed by atoms with Crippen LogP contribution in [0.1, 0.15) is 10.5 Å². The topological polar surface area (TPSA) is 98.8 Å². The molecule has 0 amide bonds. The second kappa shape index (κ2) is 2.44. The lowest BCUT2D eigenvalue weighted by molar-refractivity contribution is 0.0691. The van der Waals surface area contributed by atoms with Crippen molar-refractivity contribution in [2.24, 2.45) is 0 Å². The molecule has 0 saturated carbocycles. The molecule has 0 unspecified atom stereocenters. The highest BCUT2D eigenvalue weighted by Gasteiger charge is 2.06. The van der Waals surface area contributed by atoms with Crippen LogP contribution in [-0.4, -0.2) is 26.0 Å². The molecule has 0 fully saturated rings. The van der Waals surface area contributed by atoms with E-state index >= 15 is 0 Å². The van der Waals surface area contributed by atoms with Gasteiger partial charge in [-0.2, -0.15) is 0 Å². The first kappa shape index (κ1) is 7.53. The third-order valence-electron chi connectivity index (χ3n) is 1.59. The van der Waals surface area contributed by atoms with Crippen molar-refractivity contribution in [1.82, 2.24) is 15.0 Å². The van der Waals surface area contributed by atoms with Gasteiger partial charge in [0.25, 0.3) is 0 Å². The highest BCUT2D eigenvalue weighted by atomic mass is 16.4. The minimum absolute atomic E-state index is 0.0947. The maximum absolute atomic E-state index is 10.8. The molecule has 2 aromatic heterocycles. The van der Waals surface area contributed by atoms with Crippen LogP contribution >= 0.6 is 0 Å². The Kier molecular flexibility index (Phi) is 1.42. The molecular formula is C7H5N3O3. The van der Waals surface area contributed by atoms with Gasteiger partial charge in [0, 0.05) is 0 Å². The monoisotopic (exact) mass is 179 g/mol. The highest BCUT2D eigenvalue weighted by molar-refractivity contribution is 5.87. The molecule has 66 valence electrons. The van der Waals surface area contributed by atoms with Crippen molar-refractivity contribution < 1.29 is 9.90 Å². The molecule has 0 aliphatic rings. The van der Waals surface area contributed by atoms with Gasteiger partial charge in [-0.25, -0.2) is 14.6 Å². The van der Waals surface area contributed by atoms with Crippen LogP contribution < -0.4 is 5.69 Å². The van der Waals surface area contributed by atoms with E-state index in [1.807, 2.05) is 0 Å². The van der Waals surface area contributed by atoms with E-state index in [0.29, 0.717) is 5.52 Å². The van der Waals surface area contributed by atoms with Gasteiger partial charge in [0.15, 0.2) is 11.3 Å². The van der Waals surface area contributed by atoms with Crippen LogP contribution in [0, 0.1) is 0 Å². The molecule has 6 heteroatoms. The van der Waals surface area contributed by atoms with Gasteiger partial charge < -0.3 is 10.1 Å². The summed E-state index contributed by atoms with van der Waals surface area (Å²) in [5, 5.41) is 8.59. The Bertz CT molecular complexity index is 525. The van der Waals surface area contributed by atoms with Gasteiger partial charge in [0.05, 0.1) is 5.52 Å². The number of imidazole rings is 1. The molecule has 0 aliphatic heterocycles. The first-order chi connectivity index (χ1) is 6.16. The van der Waals surface area contributed by atoms with Gasteiger partial charge in [-0.3, -0.25) is 4.98 Å². The van der Waals surface area contributed by atoms with Crippen molar-refractivity contribution in [3.63, 3.8) is 0 Å². The molecule has 0 bridgehead atoms. The van der Waals surface area contributed by atoms with E-state index in [4.69, 9.17) is 5.11 Å². The summed E-state index contributed by atoms with van der Waals surface area (Å²) < 4.78 is 0. The number of aromatic carboxylic acids is 1. The second-order valence-electron chi connectivity index (χ2n) is 2.48. The Labute approximate surface area is 71.2 Å². The first-order valence-electron chi connectivity index (χ1n) is 3.49. The van der Waals surface area contributed by atoms with Gasteiger partial charge in [0.1, 0.15) is 0 Å². The number of nitrogens with one attached hydrogen (secondary N) is 2. The Morgan fingerprint density at radius 2 is 2.15 bits per heavy atom. The van der Waals surface area contributed by atoms with Crippen molar-refractivity contribution in [2.75, 3.05) is 0 Å². The van der Waals surface area contributed by atoms with Gasteiger partial charge in [-0.15, -0.1) is 0 Å². The summed E-state index contributed by atoms with van der Waals surface area (Å²) in [6.45, 7) is 0. The Morgan fingerprint density at radius 1 is 1.38 bits per heavy atom. The third-order valence-corrected chi connectivity index (χ3v) is 1.59. The van der Waals surface area contributed by atoms with Crippen molar-refractivity contribution in [2.45, 2.75) is 0 Å². The molecule has 0 spiro atoms. The third kappa shape index (κ3) is 1.18. The van der Waals surface area contributed by atoms with E-state index in [-0.39, 0.29) is 11.3 Å². The normalized spacial score (nSPS) is 10.5. The van der Waals surface area contributed by atoms with Gasteiger partial charge >= 0.3 is 11.7 Å². The zero-order chi connectivity index (χ0) is 9.42. The number of carboxylic acid groups (broad SMARTS) is 1. The second-order valence-corrected chi connectivity index (χ2v) is 2.48. The number of carboxylic acids is 1. The number of hydrogen-bond donors (Lipinski definition) is 3. The fourth-order valence-corrected chi connectivity index (χ4v) is 1.04. The van der Waals surface area contributed by atoms with Crippen molar-refractivity contribution in [3.05, 3.63) is 28.3 Å². The smallest absolute Gasteiger partial charge is 0.354 e. The summed E-state index contributed by atoms with van der Waals surface area (Å²) >= 11 is 0. The van der Waals surface area contributed by atoms with Gasteiger partial charge in [0.2, 0.25) is 0 Å². The minimum Gasteiger partial charge on any atom is -0.477 e. The first-order valence-corrected chi connectivity index (χ1v) is 3.49. The largest absolute Gasteiger partial charge is 0.477 e. The summed E-state index contributed by atoms with van der Waals surface area (Å²) in [7, 11) is 0. The Hall–Kier alpha value is -2.11. The zero-order valence-electron chi connectivity index (χ0n) is 6.37. The van der Waals surface area contributed by atoms with Gasteiger partial charge in [-0.05, 0) is 12.1 Å². The summed E-state index contributed by atoms with van der Waals surface area (Å²) in [6.07, 6.45) is 0. The summed E-state index contributed by atoms with van der Waals surface area (Å²) in [4.78, 5) is 29.8. The molecule has 0 saturated heterocycles. The molecule has 6 nitrogen and oxygen atoms in total. The van der Waals surface area contributed by atoms with E-state index in [2.05, 4.69) is 15.0 Å². The number of H-pyrrole nitrogens is 2. The Morgan fingerprint density at radius 3 is 2.85 bits per heavy atom. The standard InChI is InChI=1S/C7H5N3O3/c11-6(12)4-2-1-3-5(8-4)10-7(13)9-3/h1-2H,(H,11,12)(H2,8,9,10,13). The van der Waals surface area contributed by atoms with Crippen LogP contribution in [0.15, 0.2) is 16.9 Å². The van der Waals surface area contributed by atoms with E-state index in [1.54, 1.807) is 0 Å². The number of nitrogens with zero attached hydrogens (tertiary/aromatic N) is 1. The molecule has 0 radical (unpaired) electrons. The fourth-order valence-electron chi connectivity index (χ4n) is 1.04. The Balaban J connectivity index is 2.74.